The van der Waals surface area contributed by atoms with Crippen LogP contribution in [0.3, 0.4) is 0 Å². The monoisotopic (exact) mass is 327 g/mol. The average Bonchev–Trinajstić information content (AvgIpc) is 2.26. The fourth-order valence-electron chi connectivity index (χ4n) is 1.93. The maximum Gasteiger partial charge on any atom is 0.274 e. The molecule has 1 aliphatic heterocycles. The van der Waals surface area contributed by atoms with E-state index in [2.05, 4.69) is 20.7 Å². The molecule has 1 rings (SSSR count). The minimum absolute atomic E-state index is 0.113. The predicted octanol–water partition coefficient (Wildman–Crippen LogP) is -0.197. The van der Waals surface area contributed by atoms with Crippen LogP contribution in [0.2, 0.25) is 0 Å². The van der Waals surface area contributed by atoms with E-state index in [9.17, 15) is 13.2 Å². The molecule has 17 heavy (non-hydrogen) atoms. The van der Waals surface area contributed by atoms with Gasteiger partial charge in [0, 0.05) is 31.4 Å². The van der Waals surface area contributed by atoms with Gasteiger partial charge in [-0.05, 0) is 18.8 Å². The molecule has 0 aromatic carbocycles. The van der Waals surface area contributed by atoms with Crippen molar-refractivity contribution in [2.75, 3.05) is 25.0 Å². The highest BCUT2D eigenvalue weighted by atomic mass is 79.9. The van der Waals surface area contributed by atoms with E-state index in [1.165, 1.54) is 0 Å². The third kappa shape index (κ3) is 5.80. The number of likely N-dealkylation sites (tertiary alicyclic amines) is 1. The van der Waals surface area contributed by atoms with Crippen LogP contribution in [0.15, 0.2) is 0 Å². The second-order valence-electron chi connectivity index (χ2n) is 4.18. The van der Waals surface area contributed by atoms with Gasteiger partial charge in [-0.2, -0.15) is 8.42 Å². The van der Waals surface area contributed by atoms with Crippen molar-refractivity contribution in [3.05, 3.63) is 0 Å². The molecule has 1 fully saturated rings. The lowest BCUT2D eigenvalue weighted by Crippen LogP contribution is -2.44. The standard InChI is InChI=1S/C9H18BrN3O3S/c10-4-3-9(14)13-5-1-2-8(7-13)6-12-17(11,15)16/h8,12H,1-7H2,(H2,11,15,16). The number of carbonyl (C=O) groups is 1. The lowest BCUT2D eigenvalue weighted by molar-refractivity contribution is -0.132. The quantitative estimate of drug-likeness (QED) is 0.685. The van der Waals surface area contributed by atoms with Gasteiger partial charge < -0.3 is 4.90 Å². The third-order valence-electron chi connectivity index (χ3n) is 2.75. The van der Waals surface area contributed by atoms with Crippen LogP contribution in [0.5, 0.6) is 0 Å². The number of hydrogen-bond acceptors (Lipinski definition) is 3. The molecule has 0 aliphatic carbocycles. The summed E-state index contributed by atoms with van der Waals surface area (Å²) in [6.45, 7) is 1.67. The number of rotatable bonds is 5. The van der Waals surface area contributed by atoms with Gasteiger partial charge in [-0.3, -0.25) is 4.79 Å². The number of nitrogens with one attached hydrogen (secondary N) is 1. The highest BCUT2D eigenvalue weighted by Gasteiger charge is 2.23. The summed E-state index contributed by atoms with van der Waals surface area (Å²) in [4.78, 5) is 13.5. The Labute approximate surface area is 110 Å². The summed E-state index contributed by atoms with van der Waals surface area (Å²) in [6, 6.07) is 0. The van der Waals surface area contributed by atoms with Crippen LogP contribution < -0.4 is 9.86 Å². The molecule has 1 aliphatic rings. The average molecular weight is 328 g/mol. The summed E-state index contributed by atoms with van der Waals surface area (Å²) in [7, 11) is -3.63. The largest absolute Gasteiger partial charge is 0.342 e. The first-order valence-electron chi connectivity index (χ1n) is 5.53. The molecular weight excluding hydrogens is 310 g/mol. The first kappa shape index (κ1) is 14.9. The Morgan fingerprint density at radius 2 is 2.24 bits per heavy atom. The minimum Gasteiger partial charge on any atom is -0.342 e. The molecule has 0 spiro atoms. The Morgan fingerprint density at radius 3 is 2.82 bits per heavy atom. The van der Waals surface area contributed by atoms with E-state index in [-0.39, 0.29) is 11.8 Å². The van der Waals surface area contributed by atoms with Crippen LogP contribution in [0.1, 0.15) is 19.3 Å². The summed E-state index contributed by atoms with van der Waals surface area (Å²) in [5, 5.41) is 5.52. The number of nitrogens with two attached hydrogens (primary N) is 1. The predicted molar refractivity (Wildman–Crippen MR) is 68.8 cm³/mol. The molecule has 1 heterocycles. The molecule has 0 radical (unpaired) electrons. The molecular formula is C9H18BrN3O3S. The first-order chi connectivity index (χ1) is 7.92. The number of hydrogen-bond donors (Lipinski definition) is 2. The highest BCUT2D eigenvalue weighted by molar-refractivity contribution is 9.09. The van der Waals surface area contributed by atoms with Gasteiger partial charge in [0.15, 0.2) is 0 Å². The van der Waals surface area contributed by atoms with E-state index < -0.39 is 10.2 Å². The third-order valence-corrected chi connectivity index (χ3v) is 3.72. The van der Waals surface area contributed by atoms with Crippen LogP contribution in [-0.2, 0) is 15.0 Å². The van der Waals surface area contributed by atoms with Crippen LogP contribution in [0.4, 0.5) is 0 Å². The molecule has 6 nitrogen and oxygen atoms in total. The highest BCUT2D eigenvalue weighted by Crippen LogP contribution is 2.16. The van der Waals surface area contributed by atoms with Crippen molar-refractivity contribution in [2.45, 2.75) is 19.3 Å². The molecule has 1 saturated heterocycles. The topological polar surface area (TPSA) is 92.5 Å². The molecule has 0 aromatic heterocycles. The Kier molecular flexibility index (Phi) is 5.84. The SMILES string of the molecule is NS(=O)(=O)NCC1CCCN(C(=O)CCBr)C1. The summed E-state index contributed by atoms with van der Waals surface area (Å²) < 4.78 is 23.8. The Bertz CT molecular complexity index is 360. The summed E-state index contributed by atoms with van der Waals surface area (Å²) in [6.07, 6.45) is 2.31. The van der Waals surface area contributed by atoms with E-state index in [4.69, 9.17) is 5.14 Å². The minimum atomic E-state index is -3.63. The lowest BCUT2D eigenvalue weighted by atomic mass is 9.98. The van der Waals surface area contributed by atoms with E-state index in [1.807, 2.05) is 0 Å². The Balaban J connectivity index is 2.41. The van der Waals surface area contributed by atoms with Gasteiger partial charge >= 0.3 is 0 Å². The van der Waals surface area contributed by atoms with E-state index in [0.717, 1.165) is 19.4 Å². The maximum atomic E-state index is 11.7. The van der Waals surface area contributed by atoms with E-state index in [0.29, 0.717) is 24.8 Å². The molecule has 100 valence electrons. The van der Waals surface area contributed by atoms with Gasteiger partial charge in [0.1, 0.15) is 0 Å². The van der Waals surface area contributed by atoms with Crippen molar-refractivity contribution in [3.8, 4) is 0 Å². The number of piperidine rings is 1. The summed E-state index contributed by atoms with van der Waals surface area (Å²) in [5.41, 5.74) is 0. The fourth-order valence-corrected chi connectivity index (χ4v) is 2.74. The van der Waals surface area contributed by atoms with Gasteiger partial charge in [0.2, 0.25) is 5.91 Å². The van der Waals surface area contributed by atoms with Crippen molar-refractivity contribution in [2.24, 2.45) is 11.1 Å². The lowest BCUT2D eigenvalue weighted by Gasteiger charge is -2.32. The van der Waals surface area contributed by atoms with E-state index >= 15 is 0 Å². The van der Waals surface area contributed by atoms with Gasteiger partial charge in [0.05, 0.1) is 0 Å². The number of nitrogens with zero attached hydrogens (tertiary/aromatic N) is 1. The second kappa shape index (κ2) is 6.67. The Hall–Kier alpha value is -0.180. The first-order valence-corrected chi connectivity index (χ1v) is 8.20. The van der Waals surface area contributed by atoms with Crippen LogP contribution in [0.25, 0.3) is 0 Å². The zero-order valence-electron chi connectivity index (χ0n) is 9.56. The van der Waals surface area contributed by atoms with Crippen LogP contribution in [0, 0.1) is 5.92 Å². The smallest absolute Gasteiger partial charge is 0.274 e. The number of carbonyl (C=O) groups excluding carboxylic acids is 1. The zero-order valence-corrected chi connectivity index (χ0v) is 12.0. The van der Waals surface area contributed by atoms with Gasteiger partial charge in [-0.15, -0.1) is 0 Å². The van der Waals surface area contributed by atoms with Gasteiger partial charge in [0.25, 0.3) is 10.2 Å². The van der Waals surface area contributed by atoms with Crippen molar-refractivity contribution in [1.82, 2.24) is 9.62 Å². The molecule has 1 atom stereocenters. The summed E-state index contributed by atoms with van der Waals surface area (Å²) >= 11 is 3.23. The molecule has 3 N–H and O–H groups in total. The van der Waals surface area contributed by atoms with Gasteiger partial charge in [-0.1, -0.05) is 15.9 Å². The van der Waals surface area contributed by atoms with Crippen molar-refractivity contribution in [1.29, 1.82) is 0 Å². The number of alkyl halides is 1. The maximum absolute atomic E-state index is 11.7. The molecule has 1 unspecified atom stereocenters. The Morgan fingerprint density at radius 1 is 1.53 bits per heavy atom. The van der Waals surface area contributed by atoms with E-state index in [1.54, 1.807) is 4.90 Å². The second-order valence-corrected chi connectivity index (χ2v) is 6.35. The van der Waals surface area contributed by atoms with Crippen molar-refractivity contribution < 1.29 is 13.2 Å². The molecule has 0 saturated carbocycles. The van der Waals surface area contributed by atoms with Gasteiger partial charge in [-0.25, -0.2) is 9.86 Å². The van der Waals surface area contributed by atoms with Crippen molar-refractivity contribution in [3.63, 3.8) is 0 Å². The molecule has 0 bridgehead atoms. The molecule has 8 heteroatoms. The normalized spacial score (nSPS) is 21.5. The molecule has 1 amide bonds. The van der Waals surface area contributed by atoms with Crippen LogP contribution >= 0.6 is 15.9 Å². The fraction of sp³-hybridized carbons (Fsp3) is 0.889. The van der Waals surface area contributed by atoms with Crippen molar-refractivity contribution >= 4 is 32.0 Å². The van der Waals surface area contributed by atoms with Crippen LogP contribution in [-0.4, -0.2) is 44.2 Å². The number of halogens is 1. The number of amides is 1. The zero-order chi connectivity index (χ0) is 12.9. The summed E-state index contributed by atoms with van der Waals surface area (Å²) in [5.74, 6) is 0.267. The molecule has 0 aromatic rings.